The van der Waals surface area contributed by atoms with E-state index in [-0.39, 0.29) is 19.0 Å². The third kappa shape index (κ3) is 5.90. The van der Waals surface area contributed by atoms with Gasteiger partial charge < -0.3 is 29.7 Å². The summed E-state index contributed by atoms with van der Waals surface area (Å²) >= 11 is 0. The van der Waals surface area contributed by atoms with Gasteiger partial charge in [0.05, 0.1) is 40.9 Å². The smallest absolute Gasteiger partial charge is 0.247 e. The normalized spacial score (nSPS) is 13.7. The van der Waals surface area contributed by atoms with Crippen LogP contribution in [0.5, 0.6) is 5.75 Å². The maximum absolute atomic E-state index is 12.4. The number of anilines is 4. The molecule has 0 fully saturated rings. The summed E-state index contributed by atoms with van der Waals surface area (Å²) in [4.78, 5) is 23.5. The second-order valence-corrected chi connectivity index (χ2v) is 9.18. The molecule has 0 atom stereocenters. The molecule has 0 aliphatic rings. The fraction of sp³-hybridized carbons (Fsp3) is 0.267. The van der Waals surface area contributed by atoms with E-state index >= 15 is 0 Å². The van der Waals surface area contributed by atoms with Crippen LogP contribution in [0, 0.1) is 18.3 Å². The van der Waals surface area contributed by atoms with Gasteiger partial charge in [0.2, 0.25) is 11.9 Å². The van der Waals surface area contributed by atoms with Crippen LogP contribution in [0.3, 0.4) is 0 Å². The highest BCUT2D eigenvalue weighted by Gasteiger charge is 2.17. The van der Waals surface area contributed by atoms with E-state index in [0.717, 1.165) is 28.1 Å². The Labute approximate surface area is 242 Å². The Balaban J connectivity index is 1.70. The van der Waals surface area contributed by atoms with Crippen molar-refractivity contribution in [3.8, 4) is 23.1 Å². The SMILES string of the molecule is [2H]C([2H])([2H])N(CCN(C)c1cc(OC)c(Nc2nccc(-c3cc(C#N)c4c(c3)c(C)cn4C)n2)cc1NC(=O)C=C)C([2H])([2H])[2H]. The molecule has 0 spiro atoms. The summed E-state index contributed by atoms with van der Waals surface area (Å²) in [6, 6.07) is 11.0. The van der Waals surface area contributed by atoms with Gasteiger partial charge in [-0.15, -0.1) is 0 Å². The molecule has 40 heavy (non-hydrogen) atoms. The number of nitrogens with one attached hydrogen (secondary N) is 2. The first-order valence-corrected chi connectivity index (χ1v) is 12.3. The fourth-order valence-corrected chi connectivity index (χ4v) is 4.48. The van der Waals surface area contributed by atoms with E-state index in [9.17, 15) is 10.1 Å². The average Bonchev–Trinajstić information content (AvgIpc) is 3.28. The Morgan fingerprint density at radius 3 is 2.77 bits per heavy atom. The molecule has 10 nitrogen and oxygen atoms in total. The number of nitriles is 1. The Hall–Kier alpha value is -4.88. The van der Waals surface area contributed by atoms with Crippen LogP contribution in [-0.2, 0) is 11.8 Å². The Morgan fingerprint density at radius 2 is 2.08 bits per heavy atom. The first kappa shape index (κ1) is 21.0. The first-order valence-electron chi connectivity index (χ1n) is 15.3. The van der Waals surface area contributed by atoms with Gasteiger partial charge in [-0.05, 0) is 56.8 Å². The van der Waals surface area contributed by atoms with Crippen molar-refractivity contribution in [1.82, 2.24) is 19.4 Å². The third-order valence-electron chi connectivity index (χ3n) is 6.42. The first-order chi connectivity index (χ1) is 21.6. The number of nitrogens with zero attached hydrogens (tertiary/aromatic N) is 6. The van der Waals surface area contributed by atoms with E-state index in [2.05, 4.69) is 33.2 Å². The summed E-state index contributed by atoms with van der Waals surface area (Å²) in [7, 11) is 4.99. The van der Waals surface area contributed by atoms with Crippen molar-refractivity contribution in [3.05, 3.63) is 66.5 Å². The van der Waals surface area contributed by atoms with Gasteiger partial charge in [0, 0.05) is 64.8 Å². The molecule has 2 aromatic heterocycles. The number of methoxy groups -OCH3 is 1. The standard InChI is InChI=1S/C30H34N8O2/c1-8-28(39)33-24-15-25(27(40-7)16-26(24)37(5)12-11-36(3)4)35-30-32-10-9-23(34-30)20-13-21(17-31)29-22(14-20)19(2)18-38(29)6/h8-10,13-16,18H,1,11-12H2,2-7H3,(H,33,39)(H,32,34,35)/i3D3,4D3. The van der Waals surface area contributed by atoms with E-state index in [1.807, 2.05) is 30.8 Å². The van der Waals surface area contributed by atoms with Crippen LogP contribution in [-0.4, -0.2) is 66.5 Å². The van der Waals surface area contributed by atoms with Gasteiger partial charge in [0.1, 0.15) is 11.8 Å². The molecular weight excluding hydrogens is 504 g/mol. The molecule has 0 aliphatic carbocycles. The highest BCUT2D eigenvalue weighted by atomic mass is 16.5. The van der Waals surface area contributed by atoms with Crippen molar-refractivity contribution in [1.29, 1.82) is 5.26 Å². The Kier molecular flexibility index (Phi) is 6.24. The molecule has 4 aromatic rings. The molecular formula is C30H34N8O2. The van der Waals surface area contributed by atoms with Crippen LogP contribution >= 0.6 is 0 Å². The minimum absolute atomic E-state index is 0.00918. The second kappa shape index (κ2) is 11.9. The van der Waals surface area contributed by atoms with Crippen molar-refractivity contribution in [3.63, 3.8) is 0 Å². The molecule has 0 bridgehead atoms. The van der Waals surface area contributed by atoms with Gasteiger partial charge in [-0.1, -0.05) is 6.58 Å². The number of hydrogen-bond acceptors (Lipinski definition) is 8. The monoisotopic (exact) mass is 544 g/mol. The summed E-state index contributed by atoms with van der Waals surface area (Å²) < 4.78 is 53.4. The highest BCUT2D eigenvalue weighted by Crippen LogP contribution is 2.38. The zero-order chi connectivity index (χ0) is 34.0. The van der Waals surface area contributed by atoms with Crippen molar-refractivity contribution < 1.29 is 17.8 Å². The van der Waals surface area contributed by atoms with Crippen LogP contribution in [0.1, 0.15) is 19.4 Å². The van der Waals surface area contributed by atoms with Crippen LogP contribution in [0.4, 0.5) is 23.0 Å². The summed E-state index contributed by atoms with van der Waals surface area (Å²) in [5.74, 6) is 0.0480. The van der Waals surface area contributed by atoms with E-state index in [0.29, 0.717) is 39.0 Å². The molecule has 0 saturated carbocycles. The van der Waals surface area contributed by atoms with E-state index in [1.165, 1.54) is 7.11 Å². The molecule has 0 unspecified atom stereocenters. The van der Waals surface area contributed by atoms with E-state index in [4.69, 9.17) is 13.0 Å². The number of ether oxygens (including phenoxy) is 1. The number of rotatable bonds is 10. The van der Waals surface area contributed by atoms with Crippen LogP contribution in [0.2, 0.25) is 0 Å². The van der Waals surface area contributed by atoms with Crippen molar-refractivity contribution >= 4 is 39.8 Å². The lowest BCUT2D eigenvalue weighted by Gasteiger charge is -2.26. The molecule has 0 radical (unpaired) electrons. The van der Waals surface area contributed by atoms with E-state index in [1.54, 1.807) is 42.4 Å². The molecule has 0 saturated heterocycles. The van der Waals surface area contributed by atoms with Crippen LogP contribution in [0.25, 0.3) is 22.2 Å². The van der Waals surface area contributed by atoms with Crippen LogP contribution < -0.4 is 20.3 Å². The number of carbonyl (C=O) groups excluding carboxylic acids is 1. The second-order valence-electron chi connectivity index (χ2n) is 9.18. The molecule has 4 rings (SSSR count). The predicted octanol–water partition coefficient (Wildman–Crippen LogP) is 4.69. The average molecular weight is 545 g/mol. The molecule has 206 valence electrons. The van der Waals surface area contributed by atoms with Crippen LogP contribution in [0.15, 0.2) is 55.4 Å². The molecule has 2 heterocycles. The zero-order valence-electron chi connectivity index (χ0n) is 28.7. The van der Waals surface area contributed by atoms with Crippen molar-refractivity contribution in [2.45, 2.75) is 6.92 Å². The number of fused-ring (bicyclic) bond motifs is 1. The van der Waals surface area contributed by atoms with Crippen molar-refractivity contribution in [2.75, 3.05) is 56.7 Å². The minimum atomic E-state index is -2.84. The van der Waals surface area contributed by atoms with Gasteiger partial charge in [0.25, 0.3) is 0 Å². The van der Waals surface area contributed by atoms with Gasteiger partial charge >= 0.3 is 0 Å². The predicted molar refractivity (Wildman–Crippen MR) is 160 cm³/mol. The number of likely N-dealkylation sites (N-methyl/N-ethyl adjacent to an activating group) is 2. The minimum Gasteiger partial charge on any atom is -0.494 e. The summed E-state index contributed by atoms with van der Waals surface area (Å²) in [5, 5.41) is 16.6. The summed E-state index contributed by atoms with van der Waals surface area (Å²) in [6.45, 7) is -0.519. The molecule has 2 N–H and O–H groups in total. The lowest BCUT2D eigenvalue weighted by atomic mass is 10.0. The summed E-state index contributed by atoms with van der Waals surface area (Å²) in [6.07, 6.45) is 4.64. The maximum atomic E-state index is 12.4. The lowest BCUT2D eigenvalue weighted by molar-refractivity contribution is -0.111. The number of hydrogen-bond donors (Lipinski definition) is 2. The lowest BCUT2D eigenvalue weighted by Crippen LogP contribution is -2.29. The molecule has 2 aromatic carbocycles. The van der Waals surface area contributed by atoms with E-state index < -0.39 is 19.9 Å². The topological polar surface area (TPSA) is 111 Å². The molecule has 10 heteroatoms. The molecule has 1 amide bonds. The Morgan fingerprint density at radius 1 is 1.27 bits per heavy atom. The highest BCUT2D eigenvalue weighted by molar-refractivity contribution is 6.02. The van der Waals surface area contributed by atoms with Crippen molar-refractivity contribution in [2.24, 2.45) is 7.05 Å². The number of benzene rings is 2. The number of amides is 1. The Bertz CT molecular complexity index is 1810. The zero-order valence-corrected chi connectivity index (χ0v) is 22.7. The van der Waals surface area contributed by atoms with Gasteiger partial charge in [-0.25, -0.2) is 9.97 Å². The number of aryl methyl sites for hydroxylation is 2. The number of carbonyl (C=O) groups is 1. The fourth-order valence-electron chi connectivity index (χ4n) is 4.48. The summed E-state index contributed by atoms with van der Waals surface area (Å²) in [5.41, 5.74) is 4.82. The number of aromatic nitrogens is 3. The quantitative estimate of drug-likeness (QED) is 0.277. The third-order valence-corrected chi connectivity index (χ3v) is 6.42. The van der Waals surface area contributed by atoms with Gasteiger partial charge in [0.15, 0.2) is 0 Å². The largest absolute Gasteiger partial charge is 0.494 e. The van der Waals surface area contributed by atoms with Gasteiger partial charge in [-0.3, -0.25) is 4.79 Å². The van der Waals surface area contributed by atoms with Gasteiger partial charge in [-0.2, -0.15) is 5.26 Å². The maximum Gasteiger partial charge on any atom is 0.247 e. The molecule has 0 aliphatic heterocycles.